The monoisotopic (exact) mass is 271 g/mol. The number of thioether (sulfide) groups is 1. The van der Waals surface area contributed by atoms with E-state index in [1.807, 2.05) is 13.8 Å². The first-order valence-corrected chi connectivity index (χ1v) is 6.85. The fraction of sp³-hybridized carbons (Fsp3) is 0.462. The Bertz CT molecular complexity index is 381. The maximum Gasteiger partial charge on any atom is 0.320 e. The first kappa shape index (κ1) is 15.0. The highest BCUT2D eigenvalue weighted by molar-refractivity contribution is 7.99. The molecule has 1 rings (SSSR count). The lowest BCUT2D eigenvalue weighted by atomic mass is 10.2. The molecule has 1 aromatic carbocycles. The second-order valence-electron chi connectivity index (χ2n) is 4.30. The molecular weight excluding hydrogens is 253 g/mol. The van der Waals surface area contributed by atoms with Crippen LogP contribution in [0.4, 0.5) is 4.39 Å². The summed E-state index contributed by atoms with van der Waals surface area (Å²) >= 11 is 1.53. The molecule has 1 atom stereocenters. The quantitative estimate of drug-likeness (QED) is 0.749. The van der Waals surface area contributed by atoms with Gasteiger partial charge in [-0.3, -0.25) is 4.79 Å². The summed E-state index contributed by atoms with van der Waals surface area (Å²) < 4.78 is 12.7. The smallest absolute Gasteiger partial charge is 0.320 e. The Morgan fingerprint density at radius 2 is 2.00 bits per heavy atom. The van der Waals surface area contributed by atoms with Crippen LogP contribution >= 0.6 is 11.8 Å². The fourth-order valence-corrected chi connectivity index (χ4v) is 2.42. The topological polar surface area (TPSA) is 49.3 Å². The van der Waals surface area contributed by atoms with Crippen molar-refractivity contribution < 1.29 is 14.3 Å². The molecule has 0 saturated carbocycles. The Morgan fingerprint density at radius 1 is 1.39 bits per heavy atom. The molecule has 0 aliphatic rings. The zero-order valence-electron chi connectivity index (χ0n) is 10.5. The van der Waals surface area contributed by atoms with E-state index in [1.54, 1.807) is 12.1 Å². The molecule has 18 heavy (non-hydrogen) atoms. The van der Waals surface area contributed by atoms with E-state index >= 15 is 0 Å². The Morgan fingerprint density at radius 3 is 2.50 bits per heavy atom. The number of carboxylic acids is 1. The average molecular weight is 271 g/mol. The number of aliphatic carboxylic acids is 1. The molecule has 0 saturated heterocycles. The Balaban J connectivity index is 2.38. The molecule has 0 radical (unpaired) electrons. The van der Waals surface area contributed by atoms with Gasteiger partial charge in [0.25, 0.3) is 0 Å². The van der Waals surface area contributed by atoms with Crippen LogP contribution in [0.1, 0.15) is 20.3 Å². The van der Waals surface area contributed by atoms with Gasteiger partial charge in [-0.15, -0.1) is 11.8 Å². The standard InChI is InChI=1S/C13H18FNO2S/c1-9(2)15-12(13(16)17)7-8-18-11-5-3-10(14)4-6-11/h3-6,9,12,15H,7-8H2,1-2H3,(H,16,17). The minimum Gasteiger partial charge on any atom is -0.480 e. The van der Waals surface area contributed by atoms with Crippen molar-refractivity contribution in [3.05, 3.63) is 30.1 Å². The van der Waals surface area contributed by atoms with E-state index in [2.05, 4.69) is 5.32 Å². The first-order chi connectivity index (χ1) is 8.49. The number of carbonyl (C=O) groups is 1. The van der Waals surface area contributed by atoms with Gasteiger partial charge in [-0.05, 0) is 30.7 Å². The van der Waals surface area contributed by atoms with Crippen LogP contribution in [0.25, 0.3) is 0 Å². The van der Waals surface area contributed by atoms with Gasteiger partial charge in [0.15, 0.2) is 0 Å². The molecule has 100 valence electrons. The van der Waals surface area contributed by atoms with E-state index < -0.39 is 12.0 Å². The molecule has 1 unspecified atom stereocenters. The minimum atomic E-state index is -0.830. The van der Waals surface area contributed by atoms with Crippen LogP contribution in [-0.4, -0.2) is 28.9 Å². The molecule has 0 heterocycles. The predicted molar refractivity (Wildman–Crippen MR) is 71.4 cm³/mol. The predicted octanol–water partition coefficient (Wildman–Crippen LogP) is 2.76. The molecule has 0 bridgehead atoms. The zero-order chi connectivity index (χ0) is 13.5. The van der Waals surface area contributed by atoms with Gasteiger partial charge in [0.1, 0.15) is 11.9 Å². The molecular formula is C13H18FNO2S. The van der Waals surface area contributed by atoms with Gasteiger partial charge in [-0.2, -0.15) is 0 Å². The van der Waals surface area contributed by atoms with Crippen LogP contribution in [-0.2, 0) is 4.79 Å². The summed E-state index contributed by atoms with van der Waals surface area (Å²) in [7, 11) is 0. The largest absolute Gasteiger partial charge is 0.480 e. The number of hydrogen-bond donors (Lipinski definition) is 2. The normalized spacial score (nSPS) is 12.7. The molecule has 0 aliphatic heterocycles. The molecule has 0 fully saturated rings. The van der Waals surface area contributed by atoms with Crippen molar-refractivity contribution in [3.63, 3.8) is 0 Å². The zero-order valence-corrected chi connectivity index (χ0v) is 11.3. The third-order valence-corrected chi connectivity index (χ3v) is 3.37. The second-order valence-corrected chi connectivity index (χ2v) is 5.47. The van der Waals surface area contributed by atoms with Gasteiger partial charge in [0.2, 0.25) is 0 Å². The van der Waals surface area contributed by atoms with Crippen LogP contribution in [0.3, 0.4) is 0 Å². The third-order valence-electron chi connectivity index (χ3n) is 2.32. The van der Waals surface area contributed by atoms with Gasteiger partial charge in [0, 0.05) is 16.7 Å². The highest BCUT2D eigenvalue weighted by Gasteiger charge is 2.17. The van der Waals surface area contributed by atoms with Crippen LogP contribution in [0.2, 0.25) is 0 Å². The summed E-state index contributed by atoms with van der Waals surface area (Å²) in [5.74, 6) is -0.407. The average Bonchev–Trinajstić information content (AvgIpc) is 2.29. The number of hydrogen-bond acceptors (Lipinski definition) is 3. The molecule has 1 aromatic rings. The van der Waals surface area contributed by atoms with E-state index in [4.69, 9.17) is 5.11 Å². The highest BCUT2D eigenvalue weighted by Crippen LogP contribution is 2.19. The molecule has 5 heteroatoms. The van der Waals surface area contributed by atoms with E-state index in [-0.39, 0.29) is 11.9 Å². The summed E-state index contributed by atoms with van der Waals surface area (Å²) in [6.45, 7) is 3.84. The summed E-state index contributed by atoms with van der Waals surface area (Å²) in [6.07, 6.45) is 0.537. The number of rotatable bonds is 7. The van der Waals surface area contributed by atoms with Crippen molar-refractivity contribution in [2.75, 3.05) is 5.75 Å². The second kappa shape index (κ2) is 7.38. The summed E-state index contributed by atoms with van der Waals surface area (Å²) in [5.41, 5.74) is 0. The number of carboxylic acid groups (broad SMARTS) is 1. The van der Waals surface area contributed by atoms with Crippen LogP contribution in [0, 0.1) is 5.82 Å². The van der Waals surface area contributed by atoms with Gasteiger partial charge in [-0.25, -0.2) is 4.39 Å². The van der Waals surface area contributed by atoms with Crippen LogP contribution < -0.4 is 5.32 Å². The van der Waals surface area contributed by atoms with Crippen molar-refractivity contribution >= 4 is 17.7 Å². The number of benzene rings is 1. The van der Waals surface area contributed by atoms with Crippen molar-refractivity contribution in [2.24, 2.45) is 0 Å². The van der Waals surface area contributed by atoms with E-state index in [1.165, 1.54) is 23.9 Å². The van der Waals surface area contributed by atoms with Crippen molar-refractivity contribution in [1.29, 1.82) is 0 Å². The fourth-order valence-electron chi connectivity index (χ4n) is 1.51. The molecule has 0 aromatic heterocycles. The summed E-state index contributed by atoms with van der Waals surface area (Å²) in [6, 6.07) is 5.82. The molecule has 3 nitrogen and oxygen atoms in total. The van der Waals surface area contributed by atoms with Crippen LogP contribution in [0.5, 0.6) is 0 Å². The molecule has 0 spiro atoms. The lowest BCUT2D eigenvalue weighted by Crippen LogP contribution is -2.41. The van der Waals surface area contributed by atoms with Crippen molar-refractivity contribution in [1.82, 2.24) is 5.32 Å². The van der Waals surface area contributed by atoms with Crippen molar-refractivity contribution in [2.45, 2.75) is 37.2 Å². The number of halogens is 1. The third kappa shape index (κ3) is 5.51. The SMILES string of the molecule is CC(C)NC(CCSc1ccc(F)cc1)C(=O)O. The van der Waals surface area contributed by atoms with E-state index in [9.17, 15) is 9.18 Å². The highest BCUT2D eigenvalue weighted by atomic mass is 32.2. The van der Waals surface area contributed by atoms with Gasteiger partial charge in [-0.1, -0.05) is 13.8 Å². The number of nitrogens with one attached hydrogen (secondary N) is 1. The minimum absolute atomic E-state index is 0.141. The van der Waals surface area contributed by atoms with Crippen LogP contribution in [0.15, 0.2) is 29.2 Å². The maximum absolute atomic E-state index is 12.7. The van der Waals surface area contributed by atoms with Gasteiger partial charge in [0.05, 0.1) is 0 Å². The lowest BCUT2D eigenvalue weighted by molar-refractivity contribution is -0.139. The Kier molecular flexibility index (Phi) is 6.15. The molecule has 2 N–H and O–H groups in total. The van der Waals surface area contributed by atoms with Gasteiger partial charge < -0.3 is 10.4 Å². The van der Waals surface area contributed by atoms with E-state index in [0.717, 1.165) is 4.90 Å². The Hall–Kier alpha value is -1.07. The van der Waals surface area contributed by atoms with E-state index in [0.29, 0.717) is 12.2 Å². The maximum atomic E-state index is 12.7. The Labute approximate surface area is 111 Å². The summed E-state index contributed by atoms with van der Waals surface area (Å²) in [5, 5.41) is 12.0. The molecule has 0 aliphatic carbocycles. The first-order valence-electron chi connectivity index (χ1n) is 5.86. The summed E-state index contributed by atoms with van der Waals surface area (Å²) in [4.78, 5) is 11.9. The lowest BCUT2D eigenvalue weighted by Gasteiger charge is -2.16. The molecule has 0 amide bonds. The van der Waals surface area contributed by atoms with Crippen molar-refractivity contribution in [3.8, 4) is 0 Å². The van der Waals surface area contributed by atoms with Gasteiger partial charge >= 0.3 is 5.97 Å².